The third kappa shape index (κ3) is 5.60. The van der Waals surface area contributed by atoms with E-state index in [4.69, 9.17) is 0 Å². The van der Waals surface area contributed by atoms with Gasteiger partial charge in [-0.15, -0.1) is 0 Å². The Morgan fingerprint density at radius 1 is 1.00 bits per heavy atom. The average Bonchev–Trinajstić information content (AvgIpc) is 3.27. The first kappa shape index (κ1) is 24.5. The van der Waals surface area contributed by atoms with Gasteiger partial charge in [-0.2, -0.15) is 0 Å². The standard InChI is InChI=1S/C14H17NOS.3C4H9.Sn/c16-13-6-8-14(17)12(7-9-15(13)14)10-11-4-2-1-3-5-11;3*1-3-4-2;/h1-5,12,17H,6-10H2;3*1,3-4H2,2H3;/q;;;;+1/p-1. The zero-order chi connectivity index (χ0) is 21.5. The van der Waals surface area contributed by atoms with E-state index < -0.39 is 17.0 Å². The number of amides is 1. The molecular formula is C26H43NOSSn. The molecule has 0 N–H and O–H groups in total. The van der Waals surface area contributed by atoms with Crippen molar-refractivity contribution < 1.29 is 4.79 Å². The van der Waals surface area contributed by atoms with Crippen molar-refractivity contribution in [2.24, 2.45) is 5.92 Å². The van der Waals surface area contributed by atoms with Crippen molar-refractivity contribution in [1.82, 2.24) is 4.90 Å². The molecule has 2 unspecified atom stereocenters. The van der Waals surface area contributed by atoms with Gasteiger partial charge >= 0.3 is 193 Å². The SMILES string of the molecule is CCC[CH2][Sn]([CH2]CCC)([CH2]CCC)[S]C12CCC(=O)N1CCC2Cc1ccccc1. The Morgan fingerprint density at radius 3 is 2.17 bits per heavy atom. The summed E-state index contributed by atoms with van der Waals surface area (Å²) in [7, 11) is 2.48. The van der Waals surface area contributed by atoms with Gasteiger partial charge < -0.3 is 0 Å². The molecule has 2 fully saturated rings. The van der Waals surface area contributed by atoms with Crippen molar-refractivity contribution in [3.8, 4) is 0 Å². The van der Waals surface area contributed by atoms with Gasteiger partial charge in [-0.05, 0) is 0 Å². The molecule has 0 radical (unpaired) electrons. The third-order valence-corrected chi connectivity index (χ3v) is 30.7. The van der Waals surface area contributed by atoms with Crippen molar-refractivity contribution in [3.05, 3.63) is 35.9 Å². The fourth-order valence-electron chi connectivity index (χ4n) is 5.77. The number of nitrogens with zero attached hydrogens (tertiary/aromatic N) is 1. The third-order valence-electron chi connectivity index (χ3n) is 7.47. The molecule has 2 aliphatic rings. The Kier molecular flexibility index (Phi) is 9.49. The number of carbonyl (C=O) groups excluding carboxylic acids is 1. The van der Waals surface area contributed by atoms with Crippen LogP contribution in [0.1, 0.15) is 84.1 Å². The summed E-state index contributed by atoms with van der Waals surface area (Å²) >= 11 is -2.42. The molecule has 0 bridgehead atoms. The number of benzene rings is 1. The van der Waals surface area contributed by atoms with E-state index in [2.05, 4.69) is 64.9 Å². The molecule has 2 atom stereocenters. The summed E-state index contributed by atoms with van der Waals surface area (Å²) < 4.78 is 4.58. The minimum absolute atomic E-state index is 0.123. The Morgan fingerprint density at radius 2 is 1.60 bits per heavy atom. The summed E-state index contributed by atoms with van der Waals surface area (Å²) in [5, 5.41) is 0. The van der Waals surface area contributed by atoms with Crippen LogP contribution in [0.3, 0.4) is 0 Å². The van der Waals surface area contributed by atoms with Gasteiger partial charge in [0.2, 0.25) is 0 Å². The molecule has 0 spiro atoms. The molecular weight excluding hydrogens is 493 g/mol. The Balaban J connectivity index is 1.90. The average molecular weight is 536 g/mol. The van der Waals surface area contributed by atoms with Crippen LogP contribution in [-0.4, -0.2) is 39.2 Å². The Labute approximate surface area is 192 Å². The zero-order valence-corrected chi connectivity index (χ0v) is 23.3. The summed E-state index contributed by atoms with van der Waals surface area (Å²) in [5.74, 6) is 1.08. The molecule has 2 nitrogen and oxygen atoms in total. The molecule has 0 saturated carbocycles. The summed E-state index contributed by atoms with van der Waals surface area (Å²) in [6, 6.07) is 11.1. The number of unbranched alkanes of at least 4 members (excludes halogenated alkanes) is 3. The summed E-state index contributed by atoms with van der Waals surface area (Å²) in [4.78, 5) is 15.4. The Bertz CT molecular complexity index is 644. The predicted octanol–water partition coefficient (Wildman–Crippen LogP) is 7.65. The molecule has 0 aliphatic carbocycles. The zero-order valence-electron chi connectivity index (χ0n) is 19.6. The molecule has 168 valence electrons. The predicted molar refractivity (Wildman–Crippen MR) is 134 cm³/mol. The molecule has 30 heavy (non-hydrogen) atoms. The Hall–Kier alpha value is -0.161. The number of rotatable bonds is 13. The van der Waals surface area contributed by atoms with Gasteiger partial charge in [-0.3, -0.25) is 0 Å². The van der Waals surface area contributed by atoms with Crippen LogP contribution in [0.15, 0.2) is 30.3 Å². The second-order valence-electron chi connectivity index (χ2n) is 9.66. The van der Waals surface area contributed by atoms with Crippen LogP contribution in [-0.2, 0) is 11.2 Å². The van der Waals surface area contributed by atoms with E-state index in [0.29, 0.717) is 11.8 Å². The van der Waals surface area contributed by atoms with Crippen LogP contribution >= 0.6 is 8.95 Å². The van der Waals surface area contributed by atoms with Gasteiger partial charge in [0.1, 0.15) is 0 Å². The molecule has 2 heterocycles. The minimum atomic E-state index is -2.42. The van der Waals surface area contributed by atoms with Gasteiger partial charge in [-0.1, -0.05) is 0 Å². The van der Waals surface area contributed by atoms with Crippen LogP contribution in [0.2, 0.25) is 13.3 Å². The number of carbonyl (C=O) groups is 1. The fourth-order valence-corrected chi connectivity index (χ4v) is 33.6. The van der Waals surface area contributed by atoms with E-state index in [1.165, 1.54) is 63.8 Å². The first-order valence-corrected chi connectivity index (χ1v) is 23.0. The van der Waals surface area contributed by atoms with Crippen LogP contribution in [0.4, 0.5) is 0 Å². The van der Waals surface area contributed by atoms with E-state index in [9.17, 15) is 4.79 Å². The summed E-state index contributed by atoms with van der Waals surface area (Å²) in [5.41, 5.74) is 1.46. The van der Waals surface area contributed by atoms with Crippen LogP contribution in [0.5, 0.6) is 0 Å². The van der Waals surface area contributed by atoms with Gasteiger partial charge in [0.05, 0.1) is 0 Å². The number of fused-ring (bicyclic) bond motifs is 1. The second-order valence-corrected chi connectivity index (χ2v) is 29.2. The molecule has 2 aliphatic heterocycles. The summed E-state index contributed by atoms with van der Waals surface area (Å²) in [6.07, 6.45) is 12.4. The number of hydrogen-bond acceptors (Lipinski definition) is 2. The second kappa shape index (κ2) is 11.6. The maximum absolute atomic E-state index is 12.9. The van der Waals surface area contributed by atoms with Crippen LogP contribution in [0.25, 0.3) is 0 Å². The molecule has 4 heteroatoms. The number of hydrogen-bond donors (Lipinski definition) is 0. The van der Waals surface area contributed by atoms with Crippen LogP contribution < -0.4 is 0 Å². The topological polar surface area (TPSA) is 20.3 Å². The fraction of sp³-hybridized carbons (Fsp3) is 0.731. The van der Waals surface area contributed by atoms with Gasteiger partial charge in [0.25, 0.3) is 0 Å². The summed E-state index contributed by atoms with van der Waals surface area (Å²) in [6.45, 7) is 8.08. The molecule has 3 rings (SSSR count). The first-order chi connectivity index (χ1) is 14.6. The quantitative estimate of drug-likeness (QED) is 0.242. The van der Waals surface area contributed by atoms with E-state index in [-0.39, 0.29) is 4.87 Å². The molecule has 0 aromatic heterocycles. The molecule has 1 aromatic carbocycles. The van der Waals surface area contributed by atoms with E-state index >= 15 is 0 Å². The normalized spacial score (nSPS) is 23.9. The van der Waals surface area contributed by atoms with Crippen molar-refractivity contribution in [3.63, 3.8) is 0 Å². The molecule has 1 aromatic rings. The van der Waals surface area contributed by atoms with E-state index in [1.54, 1.807) is 0 Å². The first-order valence-electron chi connectivity index (χ1n) is 12.6. The van der Waals surface area contributed by atoms with Crippen molar-refractivity contribution in [1.29, 1.82) is 0 Å². The monoisotopic (exact) mass is 537 g/mol. The van der Waals surface area contributed by atoms with E-state index in [0.717, 1.165) is 25.8 Å². The van der Waals surface area contributed by atoms with Gasteiger partial charge in [0.15, 0.2) is 0 Å². The van der Waals surface area contributed by atoms with Crippen LogP contribution in [0, 0.1) is 5.92 Å². The van der Waals surface area contributed by atoms with Crippen molar-refractivity contribution >= 4 is 31.8 Å². The van der Waals surface area contributed by atoms with Crippen molar-refractivity contribution in [2.75, 3.05) is 6.54 Å². The van der Waals surface area contributed by atoms with Gasteiger partial charge in [-0.25, -0.2) is 0 Å². The molecule has 2 saturated heterocycles. The van der Waals surface area contributed by atoms with Gasteiger partial charge in [0, 0.05) is 0 Å². The van der Waals surface area contributed by atoms with Crippen molar-refractivity contribution in [2.45, 2.75) is 103 Å². The molecule has 1 amide bonds. The van der Waals surface area contributed by atoms with E-state index in [1.807, 2.05) is 0 Å². The maximum atomic E-state index is 12.9.